The van der Waals surface area contributed by atoms with Gasteiger partial charge in [-0.1, -0.05) is 19.0 Å². The molecule has 0 N–H and O–H groups in total. The Morgan fingerprint density at radius 1 is 1.44 bits per heavy atom. The molecule has 16 heavy (non-hydrogen) atoms. The van der Waals surface area contributed by atoms with Gasteiger partial charge in [-0.3, -0.25) is 4.79 Å². The Labute approximate surface area is 95.2 Å². The summed E-state index contributed by atoms with van der Waals surface area (Å²) in [5.74, 6) is 2.55. The number of carbonyl (C=O) groups excluding carboxylic acids is 1. The lowest BCUT2D eigenvalue weighted by atomic mass is 9.59. The number of aromatic nitrogens is 1. The molecule has 2 atom stereocenters. The van der Waals surface area contributed by atoms with Crippen LogP contribution in [0, 0.1) is 11.8 Å². The standard InChI is InChI=1S/C13H17NO2/c1-13(2)11-4-3-10(15)6-8(11)5-9-7-14-16-12(9)13/h7-8,11H,3-6H2,1-2H3. The number of ketones is 1. The van der Waals surface area contributed by atoms with Crippen LogP contribution in [0.3, 0.4) is 0 Å². The number of nitrogens with zero attached hydrogens (tertiary/aromatic N) is 1. The van der Waals surface area contributed by atoms with Crippen LogP contribution in [0.2, 0.25) is 0 Å². The number of rotatable bonds is 0. The van der Waals surface area contributed by atoms with Crippen molar-refractivity contribution in [2.45, 2.75) is 44.9 Å². The highest BCUT2D eigenvalue weighted by molar-refractivity contribution is 5.79. The summed E-state index contributed by atoms with van der Waals surface area (Å²) >= 11 is 0. The highest BCUT2D eigenvalue weighted by Gasteiger charge is 2.47. The first-order chi connectivity index (χ1) is 7.59. The van der Waals surface area contributed by atoms with Crippen molar-refractivity contribution in [3.63, 3.8) is 0 Å². The van der Waals surface area contributed by atoms with Gasteiger partial charge in [0, 0.05) is 23.8 Å². The van der Waals surface area contributed by atoms with E-state index in [2.05, 4.69) is 19.0 Å². The van der Waals surface area contributed by atoms with Crippen molar-refractivity contribution in [1.29, 1.82) is 0 Å². The van der Waals surface area contributed by atoms with Crippen LogP contribution in [-0.4, -0.2) is 10.9 Å². The second-order valence-electron chi connectivity index (χ2n) is 5.75. The van der Waals surface area contributed by atoms with Gasteiger partial charge in [0.2, 0.25) is 0 Å². The zero-order chi connectivity index (χ0) is 11.3. The molecule has 1 aromatic heterocycles. The summed E-state index contributed by atoms with van der Waals surface area (Å²) in [4.78, 5) is 11.5. The molecule has 1 fully saturated rings. The predicted molar refractivity (Wildman–Crippen MR) is 59.1 cm³/mol. The van der Waals surface area contributed by atoms with Crippen LogP contribution in [0.5, 0.6) is 0 Å². The smallest absolute Gasteiger partial charge is 0.145 e. The molecule has 2 unspecified atom stereocenters. The summed E-state index contributed by atoms with van der Waals surface area (Å²) < 4.78 is 5.41. The monoisotopic (exact) mass is 219 g/mol. The lowest BCUT2D eigenvalue weighted by Crippen LogP contribution is -2.43. The molecule has 1 heterocycles. The number of hydrogen-bond acceptors (Lipinski definition) is 3. The molecule has 1 aromatic rings. The van der Waals surface area contributed by atoms with Crippen molar-refractivity contribution in [3.05, 3.63) is 17.5 Å². The third-order valence-electron chi connectivity index (χ3n) is 4.43. The lowest BCUT2D eigenvalue weighted by Gasteiger charge is -2.44. The molecule has 2 aliphatic carbocycles. The molecule has 3 rings (SSSR count). The van der Waals surface area contributed by atoms with Crippen molar-refractivity contribution in [3.8, 4) is 0 Å². The Balaban J connectivity index is 2.03. The van der Waals surface area contributed by atoms with Gasteiger partial charge in [-0.2, -0.15) is 0 Å². The van der Waals surface area contributed by atoms with E-state index in [1.807, 2.05) is 6.20 Å². The van der Waals surface area contributed by atoms with E-state index < -0.39 is 0 Å². The van der Waals surface area contributed by atoms with Gasteiger partial charge in [0.25, 0.3) is 0 Å². The van der Waals surface area contributed by atoms with Gasteiger partial charge >= 0.3 is 0 Å². The Hall–Kier alpha value is -1.12. The highest BCUT2D eigenvalue weighted by atomic mass is 16.5. The van der Waals surface area contributed by atoms with E-state index in [9.17, 15) is 4.79 Å². The Morgan fingerprint density at radius 2 is 2.25 bits per heavy atom. The van der Waals surface area contributed by atoms with Crippen LogP contribution in [0.25, 0.3) is 0 Å². The number of carbonyl (C=O) groups is 1. The van der Waals surface area contributed by atoms with E-state index in [0.29, 0.717) is 17.6 Å². The fourth-order valence-electron chi connectivity index (χ4n) is 3.64. The summed E-state index contributed by atoms with van der Waals surface area (Å²) in [6.45, 7) is 4.45. The average molecular weight is 219 g/mol. The molecular weight excluding hydrogens is 202 g/mol. The molecule has 0 radical (unpaired) electrons. The van der Waals surface area contributed by atoms with Crippen molar-refractivity contribution >= 4 is 5.78 Å². The second-order valence-corrected chi connectivity index (χ2v) is 5.75. The van der Waals surface area contributed by atoms with E-state index in [0.717, 1.165) is 31.4 Å². The number of Topliss-reactive ketones (excluding diaryl/α,β-unsaturated/α-hetero) is 1. The van der Waals surface area contributed by atoms with Gasteiger partial charge in [-0.15, -0.1) is 0 Å². The molecule has 86 valence electrons. The fraction of sp³-hybridized carbons (Fsp3) is 0.692. The van der Waals surface area contributed by atoms with Crippen LogP contribution < -0.4 is 0 Å². The van der Waals surface area contributed by atoms with Gasteiger partial charge in [0.15, 0.2) is 0 Å². The van der Waals surface area contributed by atoms with Crippen molar-refractivity contribution in [2.24, 2.45) is 11.8 Å². The van der Waals surface area contributed by atoms with Crippen molar-refractivity contribution in [2.75, 3.05) is 0 Å². The summed E-state index contributed by atoms with van der Waals surface area (Å²) in [5, 5.41) is 3.92. The predicted octanol–water partition coefficient (Wildman–Crippen LogP) is 2.49. The second kappa shape index (κ2) is 3.19. The molecule has 0 aromatic carbocycles. The molecule has 1 saturated carbocycles. The van der Waals surface area contributed by atoms with Gasteiger partial charge in [-0.25, -0.2) is 0 Å². The zero-order valence-corrected chi connectivity index (χ0v) is 9.82. The van der Waals surface area contributed by atoms with E-state index in [-0.39, 0.29) is 5.41 Å². The van der Waals surface area contributed by atoms with Crippen LogP contribution in [0.1, 0.15) is 44.4 Å². The van der Waals surface area contributed by atoms with Crippen LogP contribution >= 0.6 is 0 Å². The molecule has 3 heteroatoms. The van der Waals surface area contributed by atoms with E-state index in [4.69, 9.17) is 4.52 Å². The minimum absolute atomic E-state index is 0.0372. The molecule has 2 aliphatic rings. The highest BCUT2D eigenvalue weighted by Crippen LogP contribution is 2.49. The first kappa shape index (κ1) is 10.1. The maximum Gasteiger partial charge on any atom is 0.145 e. The third kappa shape index (κ3) is 1.27. The molecule has 0 aliphatic heterocycles. The number of hydrogen-bond donors (Lipinski definition) is 0. The summed E-state index contributed by atoms with van der Waals surface area (Å²) in [7, 11) is 0. The van der Waals surface area contributed by atoms with Crippen molar-refractivity contribution in [1.82, 2.24) is 5.16 Å². The average Bonchev–Trinajstić information content (AvgIpc) is 2.65. The molecule has 0 saturated heterocycles. The third-order valence-corrected chi connectivity index (χ3v) is 4.43. The summed E-state index contributed by atoms with van der Waals surface area (Å²) in [5.41, 5.74) is 1.25. The first-order valence-corrected chi connectivity index (χ1v) is 6.05. The van der Waals surface area contributed by atoms with Crippen LogP contribution in [0.15, 0.2) is 10.7 Å². The number of fused-ring (bicyclic) bond motifs is 2. The van der Waals surface area contributed by atoms with E-state index in [1.54, 1.807) is 0 Å². The zero-order valence-electron chi connectivity index (χ0n) is 9.82. The summed E-state index contributed by atoms with van der Waals surface area (Å²) in [6, 6.07) is 0. The van der Waals surface area contributed by atoms with Gasteiger partial charge in [-0.05, 0) is 24.7 Å². The Morgan fingerprint density at radius 3 is 3.06 bits per heavy atom. The van der Waals surface area contributed by atoms with E-state index in [1.165, 1.54) is 5.56 Å². The molecule has 0 bridgehead atoms. The molecule has 3 nitrogen and oxygen atoms in total. The van der Waals surface area contributed by atoms with Crippen molar-refractivity contribution < 1.29 is 9.32 Å². The van der Waals surface area contributed by atoms with Gasteiger partial charge in [0.05, 0.1) is 6.20 Å². The minimum Gasteiger partial charge on any atom is -0.361 e. The Kier molecular flexibility index (Phi) is 2.00. The normalized spacial score (nSPS) is 32.0. The largest absolute Gasteiger partial charge is 0.361 e. The first-order valence-electron chi connectivity index (χ1n) is 6.05. The van der Waals surface area contributed by atoms with E-state index >= 15 is 0 Å². The van der Waals surface area contributed by atoms with Crippen LogP contribution in [0.4, 0.5) is 0 Å². The summed E-state index contributed by atoms with van der Waals surface area (Å²) in [6.07, 6.45) is 5.30. The SMILES string of the molecule is CC1(C)c2oncc2CC2CC(=O)CCC21. The van der Waals surface area contributed by atoms with Gasteiger partial charge < -0.3 is 4.52 Å². The molecule has 0 amide bonds. The lowest BCUT2D eigenvalue weighted by molar-refractivity contribution is -0.123. The fourth-order valence-corrected chi connectivity index (χ4v) is 3.64. The quantitative estimate of drug-likeness (QED) is 0.673. The Bertz CT molecular complexity index is 433. The maximum absolute atomic E-state index is 11.5. The minimum atomic E-state index is 0.0372. The molecular formula is C13H17NO2. The van der Waals surface area contributed by atoms with Gasteiger partial charge in [0.1, 0.15) is 11.5 Å². The topological polar surface area (TPSA) is 43.1 Å². The maximum atomic E-state index is 11.5. The van der Waals surface area contributed by atoms with Crippen LogP contribution in [-0.2, 0) is 16.6 Å². The molecule has 0 spiro atoms.